The number of halogens is 1. The Labute approximate surface area is 127 Å². The average molecular weight is 331 g/mol. The first-order valence-electron chi connectivity index (χ1n) is 6.24. The molecule has 1 aromatic carbocycles. The van der Waals surface area contributed by atoms with Gasteiger partial charge >= 0.3 is 0 Å². The molecule has 0 aliphatic rings. The molecule has 4 nitrogen and oxygen atoms in total. The van der Waals surface area contributed by atoms with Gasteiger partial charge in [-0.1, -0.05) is 48.4 Å². The highest BCUT2D eigenvalue weighted by Crippen LogP contribution is 2.24. The Bertz CT molecular complexity index is 666. The predicted octanol–water partition coefficient (Wildman–Crippen LogP) is 3.94. The van der Waals surface area contributed by atoms with Gasteiger partial charge in [-0.3, -0.25) is 4.72 Å². The van der Waals surface area contributed by atoms with Crippen molar-refractivity contribution in [1.82, 2.24) is 4.98 Å². The van der Waals surface area contributed by atoms with Crippen LogP contribution >= 0.6 is 22.9 Å². The summed E-state index contributed by atoms with van der Waals surface area (Å²) in [7, 11) is -3.60. The Morgan fingerprint density at radius 1 is 1.30 bits per heavy atom. The highest BCUT2D eigenvalue weighted by Gasteiger charge is 2.17. The number of sulfonamides is 1. The predicted molar refractivity (Wildman–Crippen MR) is 83.0 cm³/mol. The zero-order chi connectivity index (χ0) is 14.6. The Kier molecular flexibility index (Phi) is 5.01. The van der Waals surface area contributed by atoms with Gasteiger partial charge in [0.25, 0.3) is 10.0 Å². The molecular weight excluding hydrogens is 316 g/mol. The summed E-state index contributed by atoms with van der Waals surface area (Å²) in [5, 5.41) is 0. The maximum atomic E-state index is 12.1. The molecule has 0 radical (unpaired) electrons. The Hall–Kier alpha value is -1.11. The van der Waals surface area contributed by atoms with Gasteiger partial charge in [0.1, 0.15) is 0 Å². The number of unbranched alkanes of at least 4 members (excludes halogenated alkanes) is 1. The van der Waals surface area contributed by atoms with E-state index in [1.165, 1.54) is 11.8 Å². The number of nitrogens with zero attached hydrogens (tertiary/aromatic N) is 1. The van der Waals surface area contributed by atoms with Crippen LogP contribution in [-0.4, -0.2) is 13.4 Å². The van der Waals surface area contributed by atoms with E-state index in [1.54, 1.807) is 12.1 Å². The maximum Gasteiger partial charge on any atom is 0.273 e. The number of thiazole rings is 1. The van der Waals surface area contributed by atoms with Crippen molar-refractivity contribution in [2.24, 2.45) is 0 Å². The second-order valence-corrected chi connectivity index (χ2v) is 7.86. The van der Waals surface area contributed by atoms with Crippen LogP contribution in [0.2, 0.25) is 4.47 Å². The first kappa shape index (κ1) is 15.3. The lowest BCUT2D eigenvalue weighted by Crippen LogP contribution is -2.11. The van der Waals surface area contributed by atoms with E-state index >= 15 is 0 Å². The van der Waals surface area contributed by atoms with Crippen LogP contribution in [0.25, 0.3) is 0 Å². The van der Waals surface area contributed by atoms with Gasteiger partial charge in [0.15, 0.2) is 8.68 Å². The Balaban J connectivity index is 2.09. The molecule has 0 saturated carbocycles. The summed E-state index contributed by atoms with van der Waals surface area (Å²) < 4.78 is 27.0. The largest absolute Gasteiger partial charge is 0.279 e. The Morgan fingerprint density at radius 2 is 2.00 bits per heavy atom. The molecule has 0 spiro atoms. The fourth-order valence-electron chi connectivity index (χ4n) is 1.69. The van der Waals surface area contributed by atoms with E-state index in [2.05, 4.69) is 16.6 Å². The van der Waals surface area contributed by atoms with E-state index in [1.807, 2.05) is 12.1 Å². The SMILES string of the molecule is CCCCc1ccc(NS(=O)(=O)c2cnc(Cl)s2)cc1. The lowest BCUT2D eigenvalue weighted by Gasteiger charge is -2.07. The van der Waals surface area contributed by atoms with Gasteiger partial charge < -0.3 is 0 Å². The summed E-state index contributed by atoms with van der Waals surface area (Å²) >= 11 is 6.59. The molecule has 0 aliphatic heterocycles. The molecule has 0 fully saturated rings. The maximum absolute atomic E-state index is 12.1. The van der Waals surface area contributed by atoms with E-state index in [-0.39, 0.29) is 8.68 Å². The first-order valence-corrected chi connectivity index (χ1v) is 8.92. The number of benzene rings is 1. The summed E-state index contributed by atoms with van der Waals surface area (Å²) in [5.41, 5.74) is 1.74. The molecule has 108 valence electrons. The minimum atomic E-state index is -3.60. The van der Waals surface area contributed by atoms with Gasteiger partial charge in [-0.25, -0.2) is 13.4 Å². The second-order valence-electron chi connectivity index (χ2n) is 4.34. The van der Waals surface area contributed by atoms with E-state index in [4.69, 9.17) is 11.6 Å². The molecule has 0 bridgehead atoms. The van der Waals surface area contributed by atoms with Crippen molar-refractivity contribution >= 4 is 38.6 Å². The summed E-state index contributed by atoms with van der Waals surface area (Å²) in [5.74, 6) is 0. The highest BCUT2D eigenvalue weighted by molar-refractivity contribution is 7.94. The molecule has 20 heavy (non-hydrogen) atoms. The lowest BCUT2D eigenvalue weighted by atomic mass is 10.1. The highest BCUT2D eigenvalue weighted by atomic mass is 35.5. The molecule has 0 aliphatic carbocycles. The zero-order valence-corrected chi connectivity index (χ0v) is 13.4. The normalized spacial score (nSPS) is 11.5. The fraction of sp³-hybridized carbons (Fsp3) is 0.308. The third-order valence-corrected chi connectivity index (χ3v) is 5.70. The van der Waals surface area contributed by atoms with Crippen LogP contribution in [0.1, 0.15) is 25.3 Å². The van der Waals surface area contributed by atoms with Crippen molar-refractivity contribution in [2.75, 3.05) is 4.72 Å². The van der Waals surface area contributed by atoms with Crippen molar-refractivity contribution in [3.8, 4) is 0 Å². The van der Waals surface area contributed by atoms with Crippen LogP contribution in [0, 0.1) is 0 Å². The zero-order valence-electron chi connectivity index (χ0n) is 11.0. The van der Waals surface area contributed by atoms with Crippen molar-refractivity contribution < 1.29 is 8.42 Å². The molecule has 1 aromatic heterocycles. The number of rotatable bonds is 6. The summed E-state index contributed by atoms with van der Waals surface area (Å²) in [6, 6.07) is 7.41. The number of anilines is 1. The Morgan fingerprint density at radius 3 is 2.55 bits per heavy atom. The smallest absolute Gasteiger partial charge is 0.273 e. The van der Waals surface area contributed by atoms with Crippen LogP contribution in [0.3, 0.4) is 0 Å². The van der Waals surface area contributed by atoms with Crippen molar-refractivity contribution in [3.05, 3.63) is 40.5 Å². The minimum absolute atomic E-state index is 0.109. The molecule has 2 rings (SSSR count). The third kappa shape index (κ3) is 3.94. The fourth-order valence-corrected chi connectivity index (χ4v) is 4.04. The standard InChI is InChI=1S/C13H15ClN2O2S2/c1-2-3-4-10-5-7-11(8-6-10)16-20(17,18)12-9-15-13(14)19-12/h5-9,16H,2-4H2,1H3. The van der Waals surface area contributed by atoms with Crippen LogP contribution in [0.15, 0.2) is 34.7 Å². The van der Waals surface area contributed by atoms with Gasteiger partial charge in [-0.2, -0.15) is 0 Å². The average Bonchev–Trinajstić information content (AvgIpc) is 2.85. The van der Waals surface area contributed by atoms with Crippen molar-refractivity contribution in [2.45, 2.75) is 30.4 Å². The topological polar surface area (TPSA) is 59.1 Å². The number of nitrogens with one attached hydrogen (secondary N) is 1. The summed E-state index contributed by atoms with van der Waals surface area (Å²) in [6.07, 6.45) is 4.53. The summed E-state index contributed by atoms with van der Waals surface area (Å²) in [4.78, 5) is 3.74. The van der Waals surface area contributed by atoms with Gasteiger partial charge in [0.05, 0.1) is 6.20 Å². The van der Waals surface area contributed by atoms with Crippen molar-refractivity contribution in [3.63, 3.8) is 0 Å². The molecule has 0 saturated heterocycles. The van der Waals surface area contributed by atoms with Crippen LogP contribution < -0.4 is 4.72 Å². The monoisotopic (exact) mass is 330 g/mol. The second kappa shape index (κ2) is 6.56. The first-order chi connectivity index (χ1) is 9.51. The molecule has 1 N–H and O–H groups in total. The molecule has 7 heteroatoms. The van der Waals surface area contributed by atoms with Gasteiger partial charge in [-0.15, -0.1) is 0 Å². The number of aryl methyl sites for hydroxylation is 1. The third-order valence-electron chi connectivity index (χ3n) is 2.75. The molecule has 0 amide bonds. The molecule has 2 aromatic rings. The van der Waals surface area contributed by atoms with Crippen molar-refractivity contribution in [1.29, 1.82) is 0 Å². The van der Waals surface area contributed by atoms with Gasteiger partial charge in [-0.05, 0) is 30.5 Å². The number of hydrogen-bond donors (Lipinski definition) is 1. The molecule has 0 atom stereocenters. The lowest BCUT2D eigenvalue weighted by molar-refractivity contribution is 0.603. The van der Waals surface area contributed by atoms with Crippen LogP contribution in [0.5, 0.6) is 0 Å². The number of hydrogen-bond acceptors (Lipinski definition) is 4. The molecular formula is C13H15ClN2O2S2. The molecule has 0 unspecified atom stereocenters. The van der Waals surface area contributed by atoms with Crippen LogP contribution in [0.4, 0.5) is 5.69 Å². The van der Waals surface area contributed by atoms with Gasteiger partial charge in [0.2, 0.25) is 0 Å². The van der Waals surface area contributed by atoms with E-state index in [0.717, 1.165) is 30.6 Å². The van der Waals surface area contributed by atoms with Gasteiger partial charge in [0, 0.05) is 5.69 Å². The quantitative estimate of drug-likeness (QED) is 0.872. The number of aromatic nitrogens is 1. The minimum Gasteiger partial charge on any atom is -0.279 e. The van der Waals surface area contributed by atoms with E-state index in [9.17, 15) is 8.42 Å². The van der Waals surface area contributed by atoms with E-state index < -0.39 is 10.0 Å². The molecule has 1 heterocycles. The van der Waals surface area contributed by atoms with E-state index in [0.29, 0.717) is 5.69 Å². The summed E-state index contributed by atoms with van der Waals surface area (Å²) in [6.45, 7) is 2.14. The van der Waals surface area contributed by atoms with Crippen LogP contribution in [-0.2, 0) is 16.4 Å².